The van der Waals surface area contributed by atoms with Gasteiger partial charge in [0.15, 0.2) is 0 Å². The lowest BCUT2D eigenvalue weighted by atomic mass is 10.0. The van der Waals surface area contributed by atoms with Crippen LogP contribution >= 0.6 is 0 Å². The molecule has 0 fully saturated rings. The molecule has 0 amide bonds. The van der Waals surface area contributed by atoms with Gasteiger partial charge in [0.2, 0.25) is 0 Å². The first kappa shape index (κ1) is 10.8. The molecule has 0 heterocycles. The molecule has 0 N–H and O–H groups in total. The summed E-state index contributed by atoms with van der Waals surface area (Å²) >= 11 is 0. The van der Waals surface area contributed by atoms with Gasteiger partial charge in [0.1, 0.15) is 5.75 Å². The van der Waals surface area contributed by atoms with E-state index in [1.54, 1.807) is 6.07 Å². The van der Waals surface area contributed by atoms with E-state index in [-0.39, 0.29) is 5.97 Å². The second-order valence-corrected chi connectivity index (χ2v) is 3.84. The summed E-state index contributed by atoms with van der Waals surface area (Å²) in [5.74, 6) is 0.977. The Morgan fingerprint density at radius 2 is 2.14 bits per heavy atom. The third-order valence-electron chi connectivity index (χ3n) is 1.80. The lowest BCUT2D eigenvalue weighted by Crippen LogP contribution is -2.02. The van der Waals surface area contributed by atoms with Gasteiger partial charge in [-0.25, -0.2) is 0 Å². The van der Waals surface area contributed by atoms with Gasteiger partial charge in [0, 0.05) is 6.92 Å². The van der Waals surface area contributed by atoms with Gasteiger partial charge in [-0.2, -0.15) is 0 Å². The van der Waals surface area contributed by atoms with Crippen molar-refractivity contribution in [2.24, 2.45) is 5.92 Å². The highest BCUT2D eigenvalue weighted by atomic mass is 16.5. The summed E-state index contributed by atoms with van der Waals surface area (Å²) in [5, 5.41) is 0. The van der Waals surface area contributed by atoms with Gasteiger partial charge >= 0.3 is 5.97 Å². The second kappa shape index (κ2) is 4.80. The Morgan fingerprint density at radius 1 is 1.43 bits per heavy atom. The third-order valence-corrected chi connectivity index (χ3v) is 1.80. The van der Waals surface area contributed by atoms with E-state index in [1.807, 2.05) is 18.2 Å². The molecular formula is C12H16O2. The number of rotatable bonds is 3. The van der Waals surface area contributed by atoms with Crippen molar-refractivity contribution in [2.45, 2.75) is 27.2 Å². The van der Waals surface area contributed by atoms with Crippen LogP contribution in [0.3, 0.4) is 0 Å². The van der Waals surface area contributed by atoms with Crippen LogP contribution in [0.5, 0.6) is 5.75 Å². The fourth-order valence-corrected chi connectivity index (χ4v) is 1.37. The van der Waals surface area contributed by atoms with Crippen molar-refractivity contribution in [3.05, 3.63) is 29.8 Å². The molecule has 0 spiro atoms. The highest BCUT2D eigenvalue weighted by Crippen LogP contribution is 2.16. The molecule has 0 aliphatic rings. The fourth-order valence-electron chi connectivity index (χ4n) is 1.37. The van der Waals surface area contributed by atoms with E-state index >= 15 is 0 Å². The Kier molecular flexibility index (Phi) is 3.69. The van der Waals surface area contributed by atoms with Crippen molar-refractivity contribution < 1.29 is 9.53 Å². The minimum Gasteiger partial charge on any atom is -0.427 e. The Hall–Kier alpha value is -1.31. The molecule has 2 nitrogen and oxygen atoms in total. The van der Waals surface area contributed by atoms with Gasteiger partial charge in [0.25, 0.3) is 0 Å². The number of esters is 1. The summed E-state index contributed by atoms with van der Waals surface area (Å²) in [5.41, 5.74) is 1.21. The average Bonchev–Trinajstić information content (AvgIpc) is 2.01. The largest absolute Gasteiger partial charge is 0.427 e. The van der Waals surface area contributed by atoms with Gasteiger partial charge in [-0.15, -0.1) is 0 Å². The first-order valence-electron chi connectivity index (χ1n) is 4.85. The van der Waals surface area contributed by atoms with Crippen molar-refractivity contribution in [2.75, 3.05) is 0 Å². The van der Waals surface area contributed by atoms with Crippen LogP contribution in [0.4, 0.5) is 0 Å². The summed E-state index contributed by atoms with van der Waals surface area (Å²) in [7, 11) is 0. The standard InChI is InChI=1S/C12H16O2/c1-9(2)7-11-5-4-6-12(8-11)14-10(3)13/h4-6,8-9H,7H2,1-3H3. The van der Waals surface area contributed by atoms with Gasteiger partial charge in [-0.05, 0) is 30.0 Å². The number of carbonyl (C=O) groups excluding carboxylic acids is 1. The summed E-state index contributed by atoms with van der Waals surface area (Å²) in [6.07, 6.45) is 1.01. The molecule has 76 valence electrons. The van der Waals surface area contributed by atoms with Crippen molar-refractivity contribution in [1.82, 2.24) is 0 Å². The molecule has 0 aliphatic heterocycles. The van der Waals surface area contributed by atoms with Crippen LogP contribution in [-0.4, -0.2) is 5.97 Å². The van der Waals surface area contributed by atoms with Crippen molar-refractivity contribution in [1.29, 1.82) is 0 Å². The van der Waals surface area contributed by atoms with Crippen molar-refractivity contribution in [3.63, 3.8) is 0 Å². The number of benzene rings is 1. The Balaban J connectivity index is 2.73. The van der Waals surface area contributed by atoms with E-state index in [4.69, 9.17) is 4.74 Å². The topological polar surface area (TPSA) is 26.3 Å². The first-order chi connectivity index (χ1) is 6.58. The van der Waals surface area contributed by atoms with E-state index in [1.165, 1.54) is 12.5 Å². The maximum atomic E-state index is 10.7. The zero-order chi connectivity index (χ0) is 10.6. The zero-order valence-electron chi connectivity index (χ0n) is 8.91. The summed E-state index contributed by atoms with van der Waals surface area (Å²) in [6, 6.07) is 7.68. The van der Waals surface area contributed by atoms with Gasteiger partial charge < -0.3 is 4.74 Å². The van der Waals surface area contributed by atoms with Crippen LogP contribution < -0.4 is 4.74 Å². The molecule has 2 heteroatoms. The van der Waals surface area contributed by atoms with E-state index in [9.17, 15) is 4.79 Å². The molecule has 1 rings (SSSR count). The smallest absolute Gasteiger partial charge is 0.308 e. The Morgan fingerprint density at radius 3 is 2.71 bits per heavy atom. The molecule has 0 saturated heterocycles. The molecule has 0 radical (unpaired) electrons. The fraction of sp³-hybridized carbons (Fsp3) is 0.417. The third kappa shape index (κ3) is 3.60. The van der Waals surface area contributed by atoms with Gasteiger partial charge in [-0.3, -0.25) is 4.79 Å². The molecule has 0 unspecified atom stereocenters. The minimum atomic E-state index is -0.272. The maximum Gasteiger partial charge on any atom is 0.308 e. The number of hydrogen-bond donors (Lipinski definition) is 0. The van der Waals surface area contributed by atoms with E-state index in [0.29, 0.717) is 11.7 Å². The van der Waals surface area contributed by atoms with Gasteiger partial charge in [0.05, 0.1) is 0 Å². The predicted molar refractivity (Wildman–Crippen MR) is 56.3 cm³/mol. The summed E-state index contributed by atoms with van der Waals surface area (Å²) in [6.45, 7) is 5.74. The SMILES string of the molecule is CC(=O)Oc1cccc(CC(C)C)c1. The second-order valence-electron chi connectivity index (χ2n) is 3.84. The monoisotopic (exact) mass is 192 g/mol. The van der Waals surface area contributed by atoms with Crippen LogP contribution in [-0.2, 0) is 11.2 Å². The molecule has 1 aromatic carbocycles. The highest BCUT2D eigenvalue weighted by molar-refractivity contribution is 5.69. The quantitative estimate of drug-likeness (QED) is 0.543. The van der Waals surface area contributed by atoms with Crippen LogP contribution in [0.2, 0.25) is 0 Å². The summed E-state index contributed by atoms with van der Waals surface area (Å²) in [4.78, 5) is 10.7. The Bertz CT molecular complexity index is 316. The minimum absolute atomic E-state index is 0.272. The molecule has 0 saturated carbocycles. The van der Waals surface area contributed by atoms with Crippen LogP contribution in [0.1, 0.15) is 26.3 Å². The van der Waals surface area contributed by atoms with Crippen LogP contribution in [0, 0.1) is 5.92 Å². The number of ether oxygens (including phenoxy) is 1. The Labute approximate surface area is 84.9 Å². The van der Waals surface area contributed by atoms with Crippen LogP contribution in [0.25, 0.3) is 0 Å². The predicted octanol–water partition coefficient (Wildman–Crippen LogP) is 2.81. The molecular weight excluding hydrogens is 176 g/mol. The normalized spacial score (nSPS) is 10.3. The lowest BCUT2D eigenvalue weighted by molar-refractivity contribution is -0.131. The molecule has 14 heavy (non-hydrogen) atoms. The van der Waals surface area contributed by atoms with Crippen molar-refractivity contribution in [3.8, 4) is 5.75 Å². The molecule has 1 aromatic rings. The number of hydrogen-bond acceptors (Lipinski definition) is 2. The molecule has 0 aliphatic carbocycles. The lowest BCUT2D eigenvalue weighted by Gasteiger charge is -2.06. The van der Waals surface area contributed by atoms with E-state index in [2.05, 4.69) is 13.8 Å². The molecule has 0 aromatic heterocycles. The van der Waals surface area contributed by atoms with Crippen molar-refractivity contribution >= 4 is 5.97 Å². The molecule has 0 atom stereocenters. The van der Waals surface area contributed by atoms with Gasteiger partial charge in [-0.1, -0.05) is 26.0 Å². The zero-order valence-corrected chi connectivity index (χ0v) is 8.91. The first-order valence-corrected chi connectivity index (χ1v) is 4.85. The number of carbonyl (C=O) groups is 1. The van der Waals surface area contributed by atoms with E-state index < -0.39 is 0 Å². The average molecular weight is 192 g/mol. The summed E-state index contributed by atoms with van der Waals surface area (Å²) < 4.78 is 5.00. The van der Waals surface area contributed by atoms with Crippen LogP contribution in [0.15, 0.2) is 24.3 Å². The highest BCUT2D eigenvalue weighted by Gasteiger charge is 2.01. The van der Waals surface area contributed by atoms with E-state index in [0.717, 1.165) is 6.42 Å². The maximum absolute atomic E-state index is 10.7. The molecule has 0 bridgehead atoms.